The lowest BCUT2D eigenvalue weighted by molar-refractivity contribution is 0.859. The smallest absolute Gasteiger partial charge is 0.0427 e. The van der Waals surface area contributed by atoms with Crippen LogP contribution in [0.1, 0.15) is 19.3 Å². The number of hydrogen-bond donors (Lipinski definition) is 0. The van der Waals surface area contributed by atoms with Crippen molar-refractivity contribution >= 4 is 0 Å². The molecule has 1 aliphatic carbocycles. The minimum atomic E-state index is 0.959. The standard InChI is InChI=1S/C7H10N/c1-2-6(1)7-3-4-8-5-7/h5-6H,1-4H2. The topological polar surface area (TPSA) is 14.1 Å². The largest absolute Gasteiger partial charge is 0.293 e. The lowest BCUT2D eigenvalue weighted by Gasteiger charge is -1.89. The molecule has 0 aromatic heterocycles. The summed E-state index contributed by atoms with van der Waals surface area (Å²) in [6.07, 6.45) is 6.20. The first kappa shape index (κ1) is 4.42. The maximum Gasteiger partial charge on any atom is 0.0427 e. The summed E-state index contributed by atoms with van der Waals surface area (Å²) in [5.41, 5.74) is 1.62. The molecule has 2 aliphatic rings. The van der Waals surface area contributed by atoms with Crippen LogP contribution in [0.15, 0.2) is 11.8 Å². The summed E-state index contributed by atoms with van der Waals surface area (Å²) in [6.45, 7) is 1.06. The Kier molecular flexibility index (Phi) is 0.833. The normalized spacial score (nSPS) is 27.2. The molecule has 1 nitrogen and oxygen atoms in total. The van der Waals surface area contributed by atoms with Crippen LogP contribution in [-0.2, 0) is 0 Å². The summed E-state index contributed by atoms with van der Waals surface area (Å²) in [4.78, 5) is 0. The Bertz CT molecular complexity index is 122. The third kappa shape index (κ3) is 0.623. The zero-order valence-corrected chi connectivity index (χ0v) is 4.93. The number of rotatable bonds is 1. The fourth-order valence-electron chi connectivity index (χ4n) is 1.20. The molecule has 8 heavy (non-hydrogen) atoms. The lowest BCUT2D eigenvalue weighted by Crippen LogP contribution is -1.86. The van der Waals surface area contributed by atoms with E-state index in [0.717, 1.165) is 12.5 Å². The van der Waals surface area contributed by atoms with E-state index < -0.39 is 0 Å². The van der Waals surface area contributed by atoms with Gasteiger partial charge in [-0.1, -0.05) is 0 Å². The van der Waals surface area contributed by atoms with Crippen LogP contribution in [0.4, 0.5) is 0 Å². The third-order valence-electron chi connectivity index (χ3n) is 1.89. The van der Waals surface area contributed by atoms with E-state index >= 15 is 0 Å². The molecule has 43 valence electrons. The predicted octanol–water partition coefficient (Wildman–Crippen LogP) is 1.29. The van der Waals surface area contributed by atoms with Gasteiger partial charge in [0, 0.05) is 12.7 Å². The zero-order chi connectivity index (χ0) is 5.40. The Morgan fingerprint density at radius 3 is 2.88 bits per heavy atom. The SMILES string of the molecule is C1=C(C2CC2)CC[N]1. The second-order valence-electron chi connectivity index (χ2n) is 2.63. The van der Waals surface area contributed by atoms with Gasteiger partial charge < -0.3 is 0 Å². The highest BCUT2D eigenvalue weighted by molar-refractivity contribution is 5.15. The second kappa shape index (κ2) is 1.51. The molecule has 0 atom stereocenters. The first-order valence-electron chi connectivity index (χ1n) is 3.32. The molecular formula is C7H10N. The summed E-state index contributed by atoms with van der Waals surface area (Å²) < 4.78 is 0. The van der Waals surface area contributed by atoms with Crippen LogP contribution >= 0.6 is 0 Å². The van der Waals surface area contributed by atoms with Crippen molar-refractivity contribution in [2.24, 2.45) is 5.92 Å². The van der Waals surface area contributed by atoms with Crippen LogP contribution in [0.2, 0.25) is 0 Å². The van der Waals surface area contributed by atoms with Crippen LogP contribution in [0.25, 0.3) is 0 Å². The van der Waals surface area contributed by atoms with E-state index in [-0.39, 0.29) is 0 Å². The van der Waals surface area contributed by atoms with Crippen molar-refractivity contribution in [3.05, 3.63) is 11.8 Å². The van der Waals surface area contributed by atoms with Gasteiger partial charge in [-0.2, -0.15) is 0 Å². The Balaban J connectivity index is 2.02. The van der Waals surface area contributed by atoms with Gasteiger partial charge in [0.05, 0.1) is 0 Å². The van der Waals surface area contributed by atoms with E-state index in [2.05, 4.69) is 11.5 Å². The summed E-state index contributed by atoms with van der Waals surface area (Å²) >= 11 is 0. The molecule has 0 spiro atoms. The van der Waals surface area contributed by atoms with E-state index in [0.29, 0.717) is 0 Å². The molecule has 0 bridgehead atoms. The molecule has 0 aromatic carbocycles. The summed E-state index contributed by atoms with van der Waals surface area (Å²) in [7, 11) is 0. The molecule has 2 rings (SSSR count). The van der Waals surface area contributed by atoms with Crippen LogP contribution in [0, 0.1) is 5.92 Å². The Morgan fingerprint density at radius 1 is 1.50 bits per heavy atom. The van der Waals surface area contributed by atoms with Crippen molar-refractivity contribution in [2.45, 2.75) is 19.3 Å². The summed E-state index contributed by atoms with van der Waals surface area (Å²) in [5, 5.41) is 4.16. The van der Waals surface area contributed by atoms with E-state index in [1.807, 2.05) is 0 Å². The van der Waals surface area contributed by atoms with E-state index in [4.69, 9.17) is 0 Å². The van der Waals surface area contributed by atoms with Crippen molar-refractivity contribution in [2.75, 3.05) is 6.54 Å². The van der Waals surface area contributed by atoms with Gasteiger partial charge in [-0.3, -0.25) is 5.32 Å². The van der Waals surface area contributed by atoms with Crippen molar-refractivity contribution in [1.29, 1.82) is 0 Å². The monoisotopic (exact) mass is 108 g/mol. The molecule has 1 heteroatoms. The Morgan fingerprint density at radius 2 is 2.38 bits per heavy atom. The quantitative estimate of drug-likeness (QED) is 0.480. The van der Waals surface area contributed by atoms with Crippen molar-refractivity contribution < 1.29 is 0 Å². The highest BCUT2D eigenvalue weighted by Gasteiger charge is 2.27. The van der Waals surface area contributed by atoms with Crippen molar-refractivity contribution in [1.82, 2.24) is 5.32 Å². The van der Waals surface area contributed by atoms with Crippen molar-refractivity contribution in [3.8, 4) is 0 Å². The van der Waals surface area contributed by atoms with E-state index in [1.54, 1.807) is 5.57 Å². The fraction of sp³-hybridized carbons (Fsp3) is 0.714. The minimum absolute atomic E-state index is 0.959. The summed E-state index contributed by atoms with van der Waals surface area (Å²) in [5.74, 6) is 0.959. The van der Waals surface area contributed by atoms with Gasteiger partial charge in [0.15, 0.2) is 0 Å². The van der Waals surface area contributed by atoms with Gasteiger partial charge in [-0.15, -0.1) is 0 Å². The molecule has 1 saturated carbocycles. The average Bonchev–Trinajstić information content (AvgIpc) is 2.49. The maximum atomic E-state index is 4.16. The van der Waals surface area contributed by atoms with Crippen LogP contribution < -0.4 is 5.32 Å². The third-order valence-corrected chi connectivity index (χ3v) is 1.89. The molecule has 0 unspecified atom stereocenters. The molecule has 0 N–H and O–H groups in total. The number of nitrogens with zero attached hydrogens (tertiary/aromatic N) is 1. The highest BCUT2D eigenvalue weighted by Crippen LogP contribution is 2.38. The van der Waals surface area contributed by atoms with Crippen LogP contribution in [0.5, 0.6) is 0 Å². The van der Waals surface area contributed by atoms with Gasteiger partial charge in [0.25, 0.3) is 0 Å². The number of hydrogen-bond acceptors (Lipinski definition) is 0. The van der Waals surface area contributed by atoms with Crippen LogP contribution in [-0.4, -0.2) is 6.54 Å². The molecule has 0 aromatic rings. The van der Waals surface area contributed by atoms with Gasteiger partial charge in [0.2, 0.25) is 0 Å². The fourth-order valence-corrected chi connectivity index (χ4v) is 1.20. The first-order chi connectivity index (χ1) is 3.97. The Hall–Kier alpha value is -0.460. The van der Waals surface area contributed by atoms with Gasteiger partial charge >= 0.3 is 0 Å². The minimum Gasteiger partial charge on any atom is -0.293 e. The molecular weight excluding hydrogens is 98.1 g/mol. The van der Waals surface area contributed by atoms with Crippen LogP contribution in [0.3, 0.4) is 0 Å². The van der Waals surface area contributed by atoms with E-state index in [1.165, 1.54) is 19.3 Å². The molecule has 1 heterocycles. The Labute approximate surface area is 49.8 Å². The van der Waals surface area contributed by atoms with Crippen molar-refractivity contribution in [3.63, 3.8) is 0 Å². The summed E-state index contributed by atoms with van der Waals surface area (Å²) in [6, 6.07) is 0. The molecule has 0 amide bonds. The van der Waals surface area contributed by atoms with Gasteiger partial charge in [0.1, 0.15) is 0 Å². The van der Waals surface area contributed by atoms with Gasteiger partial charge in [-0.05, 0) is 30.8 Å². The molecule has 0 saturated heterocycles. The molecule has 1 radical (unpaired) electrons. The van der Waals surface area contributed by atoms with Gasteiger partial charge in [-0.25, -0.2) is 0 Å². The lowest BCUT2D eigenvalue weighted by atomic mass is 10.1. The zero-order valence-electron chi connectivity index (χ0n) is 4.93. The average molecular weight is 108 g/mol. The predicted molar refractivity (Wildman–Crippen MR) is 32.4 cm³/mol. The molecule has 1 fully saturated rings. The van der Waals surface area contributed by atoms with E-state index in [9.17, 15) is 0 Å². The first-order valence-corrected chi connectivity index (χ1v) is 3.32. The molecule has 1 aliphatic heterocycles. The second-order valence-corrected chi connectivity index (χ2v) is 2.63. The maximum absolute atomic E-state index is 4.16. The highest BCUT2D eigenvalue weighted by atomic mass is 14.9.